The highest BCUT2D eigenvalue weighted by Gasteiger charge is 2.45. The highest BCUT2D eigenvalue weighted by atomic mass is 32.2. The fourth-order valence-electron chi connectivity index (χ4n) is 4.80. The lowest BCUT2D eigenvalue weighted by molar-refractivity contribution is -0.143. The number of hydrogen-bond donors (Lipinski definition) is 1. The van der Waals surface area contributed by atoms with Crippen molar-refractivity contribution in [2.45, 2.75) is 31.4 Å². The lowest BCUT2D eigenvalue weighted by Gasteiger charge is -2.29. The molecule has 8 nitrogen and oxygen atoms in total. The number of hydrogen-bond acceptors (Lipinski definition) is 5. The summed E-state index contributed by atoms with van der Waals surface area (Å²) >= 11 is 0. The van der Waals surface area contributed by atoms with Crippen LogP contribution in [0.1, 0.15) is 24.9 Å². The highest BCUT2D eigenvalue weighted by molar-refractivity contribution is 7.89. The van der Waals surface area contributed by atoms with E-state index >= 15 is 0 Å². The third-order valence-electron chi connectivity index (χ3n) is 6.52. The first-order valence-electron chi connectivity index (χ1n) is 11.9. The quantitative estimate of drug-likeness (QED) is 0.382. The van der Waals surface area contributed by atoms with Gasteiger partial charge < -0.3 is 10.2 Å². The summed E-state index contributed by atoms with van der Waals surface area (Å²) in [5.74, 6) is -6.06. The van der Waals surface area contributed by atoms with Crippen molar-refractivity contribution in [3.8, 4) is 11.3 Å². The lowest BCUT2D eigenvalue weighted by atomic mass is 9.99. The second kappa shape index (κ2) is 9.53. The van der Waals surface area contributed by atoms with E-state index in [2.05, 4.69) is 10.4 Å². The van der Waals surface area contributed by atoms with Gasteiger partial charge in [0.05, 0.1) is 23.9 Å². The minimum atomic E-state index is -3.90. The number of carbonyl (C=O) groups excluding carboxylic acids is 2. The summed E-state index contributed by atoms with van der Waals surface area (Å²) in [5.41, 5.74) is 1.83. The predicted octanol–water partition coefficient (Wildman–Crippen LogP) is 4.27. The molecule has 3 aromatic carbocycles. The van der Waals surface area contributed by atoms with Gasteiger partial charge in [-0.2, -0.15) is 18.0 Å². The molecule has 1 aliphatic heterocycles. The summed E-state index contributed by atoms with van der Waals surface area (Å²) in [4.78, 5) is 26.8. The molecule has 1 fully saturated rings. The first kappa shape index (κ1) is 26.4. The maximum absolute atomic E-state index is 13.7. The molecule has 0 saturated carbocycles. The van der Waals surface area contributed by atoms with Crippen LogP contribution in [0, 0.1) is 5.82 Å². The monoisotopic (exact) mass is 556 g/mol. The molecule has 4 aromatic rings. The van der Waals surface area contributed by atoms with Crippen LogP contribution in [-0.2, 0) is 19.6 Å². The smallest absolute Gasteiger partial charge is 0.321 e. The molecule has 0 aliphatic carbocycles. The van der Waals surface area contributed by atoms with Gasteiger partial charge in [0.15, 0.2) is 0 Å². The van der Waals surface area contributed by atoms with E-state index in [1.165, 1.54) is 35.2 Å². The average molecular weight is 557 g/mol. The third kappa shape index (κ3) is 4.99. The van der Waals surface area contributed by atoms with Gasteiger partial charge in [-0.05, 0) is 48.0 Å². The first-order chi connectivity index (χ1) is 18.3. The number of carbonyl (C=O) groups is 2. The van der Waals surface area contributed by atoms with E-state index in [0.717, 1.165) is 10.3 Å². The molecule has 0 bridgehead atoms. The Bertz CT molecular complexity index is 1680. The predicted molar refractivity (Wildman–Crippen MR) is 139 cm³/mol. The molecular formula is C27H23F3N4O4S. The number of anilines is 1. The van der Waals surface area contributed by atoms with E-state index in [1.54, 1.807) is 42.5 Å². The Labute approximate surface area is 222 Å². The number of amides is 2. The average Bonchev–Trinajstić information content (AvgIpc) is 3.41. The Morgan fingerprint density at radius 1 is 1.05 bits per heavy atom. The molecule has 12 heteroatoms. The minimum Gasteiger partial charge on any atom is -0.345 e. The molecule has 202 valence electrons. The van der Waals surface area contributed by atoms with Crippen molar-refractivity contribution in [3.63, 3.8) is 0 Å². The molecule has 1 aliphatic rings. The van der Waals surface area contributed by atoms with Crippen molar-refractivity contribution >= 4 is 38.4 Å². The lowest BCUT2D eigenvalue weighted by Crippen LogP contribution is -2.46. The molecule has 2 heterocycles. The van der Waals surface area contributed by atoms with E-state index in [-0.39, 0.29) is 17.6 Å². The molecule has 0 radical (unpaired) electrons. The van der Waals surface area contributed by atoms with Crippen LogP contribution < -0.4 is 10.2 Å². The second-order valence-electron chi connectivity index (χ2n) is 9.45. The number of benzene rings is 3. The van der Waals surface area contributed by atoms with Crippen molar-refractivity contribution in [2.75, 3.05) is 11.2 Å². The fourth-order valence-corrected chi connectivity index (χ4v) is 5.53. The van der Waals surface area contributed by atoms with Gasteiger partial charge in [-0.3, -0.25) is 9.59 Å². The van der Waals surface area contributed by atoms with Gasteiger partial charge >= 0.3 is 5.92 Å². The Morgan fingerprint density at radius 2 is 1.72 bits per heavy atom. The van der Waals surface area contributed by atoms with E-state index in [1.807, 2.05) is 0 Å². The van der Waals surface area contributed by atoms with Crippen LogP contribution in [0.25, 0.3) is 22.2 Å². The maximum atomic E-state index is 13.7. The summed E-state index contributed by atoms with van der Waals surface area (Å²) in [7, 11) is -3.90. The van der Waals surface area contributed by atoms with Gasteiger partial charge in [0.1, 0.15) is 11.5 Å². The summed E-state index contributed by atoms with van der Waals surface area (Å²) in [6.45, 7) is 0.480. The fraction of sp³-hybridized carbons (Fsp3) is 0.222. The Morgan fingerprint density at radius 3 is 2.33 bits per heavy atom. The van der Waals surface area contributed by atoms with Gasteiger partial charge in [0, 0.05) is 30.0 Å². The maximum Gasteiger partial charge on any atom is 0.321 e. The number of fused-ring (bicyclic) bond motifs is 1. The van der Waals surface area contributed by atoms with E-state index in [0.29, 0.717) is 29.1 Å². The van der Waals surface area contributed by atoms with Crippen LogP contribution in [0.5, 0.6) is 0 Å². The highest BCUT2D eigenvalue weighted by Crippen LogP contribution is 2.40. The summed E-state index contributed by atoms with van der Waals surface area (Å²) in [6.07, 6.45) is 0.733. The normalized spacial score (nSPS) is 18.1. The third-order valence-corrected chi connectivity index (χ3v) is 7.43. The summed E-state index contributed by atoms with van der Waals surface area (Å²) in [6, 6.07) is 16.9. The van der Waals surface area contributed by atoms with Crippen LogP contribution in [-0.4, -0.2) is 47.6 Å². The molecule has 2 amide bonds. The van der Waals surface area contributed by atoms with Crippen LogP contribution in [0.4, 0.5) is 18.9 Å². The Hall–Kier alpha value is -4.19. The van der Waals surface area contributed by atoms with Gasteiger partial charge in [-0.1, -0.05) is 30.3 Å². The van der Waals surface area contributed by atoms with Crippen molar-refractivity contribution in [2.24, 2.45) is 0 Å². The molecule has 5 rings (SSSR count). The van der Waals surface area contributed by atoms with Crippen LogP contribution in [0.3, 0.4) is 0 Å². The number of nitrogens with one attached hydrogen (secondary N) is 1. The van der Waals surface area contributed by atoms with Crippen molar-refractivity contribution in [3.05, 3.63) is 84.2 Å². The summed E-state index contributed by atoms with van der Waals surface area (Å²) in [5, 5.41) is 7.01. The van der Waals surface area contributed by atoms with Crippen molar-refractivity contribution < 1.29 is 31.2 Å². The van der Waals surface area contributed by atoms with Gasteiger partial charge in [-0.25, -0.2) is 12.8 Å². The topological polar surface area (TPSA) is 101 Å². The van der Waals surface area contributed by atoms with E-state index in [4.69, 9.17) is 0 Å². The zero-order chi connectivity index (χ0) is 28.1. The molecule has 1 N–H and O–H groups in total. The van der Waals surface area contributed by atoms with E-state index < -0.39 is 45.7 Å². The zero-order valence-corrected chi connectivity index (χ0v) is 21.6. The van der Waals surface area contributed by atoms with E-state index in [9.17, 15) is 31.2 Å². The molecule has 0 unspecified atom stereocenters. The van der Waals surface area contributed by atoms with Crippen molar-refractivity contribution in [1.82, 2.24) is 14.5 Å². The first-order valence-corrected chi connectivity index (χ1v) is 13.7. The molecule has 0 spiro atoms. The number of rotatable bonds is 6. The van der Waals surface area contributed by atoms with Crippen LogP contribution in [0.15, 0.2) is 72.8 Å². The second-order valence-corrected chi connectivity index (χ2v) is 11.3. The molecule has 1 saturated heterocycles. The molecular weight excluding hydrogens is 533 g/mol. The molecule has 39 heavy (non-hydrogen) atoms. The number of nitrogens with zero attached hydrogens (tertiary/aromatic N) is 3. The SMILES string of the molecule is CC(F)(F)C(=O)N[C@H]1CC(=O)N(c2ccc3c(-c4ccc(F)cc4)nn(S(C)(=O)=O)c3c2)[C@@H]1c1ccccc1. The largest absolute Gasteiger partial charge is 0.345 e. The number of alkyl halides is 2. The minimum absolute atomic E-state index is 0.168. The molecule has 2 atom stereocenters. The van der Waals surface area contributed by atoms with Gasteiger partial charge in [-0.15, -0.1) is 0 Å². The summed E-state index contributed by atoms with van der Waals surface area (Å²) < 4.78 is 67.0. The van der Waals surface area contributed by atoms with Crippen molar-refractivity contribution in [1.29, 1.82) is 0 Å². The van der Waals surface area contributed by atoms with Crippen LogP contribution >= 0.6 is 0 Å². The Kier molecular flexibility index (Phi) is 6.45. The van der Waals surface area contributed by atoms with Crippen LogP contribution in [0.2, 0.25) is 0 Å². The standard InChI is InChI=1S/C27H23F3N4O4S/c1-27(29,30)26(36)31-21-15-23(35)33(25(21)17-6-4-3-5-7-17)19-12-13-20-22(14-19)34(39(2,37)38)32-24(20)16-8-10-18(28)11-9-16/h3-14,21,25H,15H2,1-2H3,(H,31,36)/t21-,25+/m0/s1. The molecule has 1 aromatic heterocycles. The van der Waals surface area contributed by atoms with Gasteiger partial charge in [0.25, 0.3) is 15.9 Å². The Balaban J connectivity index is 1.65. The zero-order valence-electron chi connectivity index (χ0n) is 20.8. The number of aromatic nitrogens is 2. The number of halogens is 3. The van der Waals surface area contributed by atoms with Gasteiger partial charge in [0.2, 0.25) is 5.91 Å².